The molecule has 1 heterocycles. The number of aliphatic hydroxyl groups is 1. The van der Waals surface area contributed by atoms with Crippen molar-refractivity contribution in [3.05, 3.63) is 22.8 Å². The van der Waals surface area contributed by atoms with Crippen LogP contribution >= 0.6 is 15.9 Å². The van der Waals surface area contributed by atoms with Crippen molar-refractivity contribution < 1.29 is 5.11 Å². The molecule has 66 valence electrons. The summed E-state index contributed by atoms with van der Waals surface area (Å²) in [6, 6.07) is 3.72. The van der Waals surface area contributed by atoms with Crippen LogP contribution in [-0.4, -0.2) is 22.7 Å². The maximum absolute atomic E-state index is 8.98. The highest BCUT2D eigenvalue weighted by molar-refractivity contribution is 9.10. The lowest BCUT2D eigenvalue weighted by molar-refractivity contribution is 0.208. The zero-order valence-electron chi connectivity index (χ0n) is 6.79. The molecule has 1 rings (SSSR count). The Morgan fingerprint density at radius 3 is 3.08 bits per heavy atom. The van der Waals surface area contributed by atoms with Crippen molar-refractivity contribution in [2.45, 2.75) is 13.0 Å². The summed E-state index contributed by atoms with van der Waals surface area (Å²) >= 11 is 3.33. The number of hydrogen-bond donors (Lipinski definition) is 2. The Morgan fingerprint density at radius 1 is 1.75 bits per heavy atom. The van der Waals surface area contributed by atoms with Gasteiger partial charge in [-0.15, -0.1) is 0 Å². The number of aliphatic hydroxyl groups excluding tert-OH is 1. The second kappa shape index (κ2) is 4.42. The van der Waals surface area contributed by atoms with Crippen LogP contribution in [0.1, 0.15) is 6.92 Å². The van der Waals surface area contributed by atoms with Gasteiger partial charge in [-0.2, -0.15) is 0 Å². The topological polar surface area (TPSA) is 45.1 Å². The summed E-state index contributed by atoms with van der Waals surface area (Å²) in [5.41, 5.74) is 0. The molecule has 1 aromatic heterocycles. The number of hydrogen-bond acceptors (Lipinski definition) is 3. The van der Waals surface area contributed by atoms with Crippen LogP contribution in [0.3, 0.4) is 0 Å². The van der Waals surface area contributed by atoms with Gasteiger partial charge in [-0.25, -0.2) is 4.98 Å². The first-order valence-electron chi connectivity index (χ1n) is 3.72. The third-order valence-electron chi connectivity index (χ3n) is 1.30. The molecular formula is C8H11BrN2O. The molecule has 0 saturated heterocycles. The molecule has 0 bridgehead atoms. The van der Waals surface area contributed by atoms with Gasteiger partial charge in [-0.3, -0.25) is 0 Å². The highest BCUT2D eigenvalue weighted by Crippen LogP contribution is 2.12. The third-order valence-corrected chi connectivity index (χ3v) is 1.79. The quantitative estimate of drug-likeness (QED) is 0.831. The van der Waals surface area contributed by atoms with E-state index in [1.165, 1.54) is 0 Å². The summed E-state index contributed by atoms with van der Waals surface area (Å²) in [4.78, 5) is 4.06. The molecule has 12 heavy (non-hydrogen) atoms. The highest BCUT2D eigenvalue weighted by Gasteiger charge is 1.96. The van der Waals surface area contributed by atoms with Crippen LogP contribution in [0.2, 0.25) is 0 Å². The lowest BCUT2D eigenvalue weighted by Crippen LogP contribution is -2.15. The Hall–Kier alpha value is -0.610. The van der Waals surface area contributed by atoms with Gasteiger partial charge in [0.1, 0.15) is 5.82 Å². The van der Waals surface area contributed by atoms with E-state index in [2.05, 4.69) is 26.2 Å². The number of nitrogens with one attached hydrogen (secondary N) is 1. The van der Waals surface area contributed by atoms with Crippen LogP contribution in [0.4, 0.5) is 5.82 Å². The minimum Gasteiger partial charge on any atom is -0.392 e. The Kier molecular flexibility index (Phi) is 3.49. The molecule has 1 aromatic rings. The van der Waals surface area contributed by atoms with Gasteiger partial charge in [0, 0.05) is 17.2 Å². The number of aromatic nitrogens is 1. The molecule has 0 saturated carbocycles. The standard InChI is InChI=1S/C8H11BrN2O/c1-6(12)5-11-8-4-7(9)2-3-10-8/h2-4,6,12H,5H2,1H3,(H,10,11)/t6-/m0/s1. The first-order chi connectivity index (χ1) is 5.68. The molecule has 0 radical (unpaired) electrons. The van der Waals surface area contributed by atoms with Crippen LogP contribution in [0, 0.1) is 0 Å². The van der Waals surface area contributed by atoms with Gasteiger partial charge in [-0.1, -0.05) is 15.9 Å². The number of halogens is 1. The molecule has 3 nitrogen and oxygen atoms in total. The first kappa shape index (κ1) is 9.48. The normalized spacial score (nSPS) is 12.6. The largest absolute Gasteiger partial charge is 0.392 e. The molecule has 0 fully saturated rings. The van der Waals surface area contributed by atoms with E-state index < -0.39 is 0 Å². The second-order valence-corrected chi connectivity index (χ2v) is 3.50. The summed E-state index contributed by atoms with van der Waals surface area (Å²) in [6.07, 6.45) is 1.35. The maximum Gasteiger partial charge on any atom is 0.127 e. The predicted molar refractivity (Wildman–Crippen MR) is 52.1 cm³/mol. The van der Waals surface area contributed by atoms with E-state index in [9.17, 15) is 0 Å². The van der Waals surface area contributed by atoms with Crippen molar-refractivity contribution >= 4 is 21.7 Å². The fourth-order valence-electron chi connectivity index (χ4n) is 0.754. The van der Waals surface area contributed by atoms with Crippen molar-refractivity contribution in [3.8, 4) is 0 Å². The lowest BCUT2D eigenvalue weighted by atomic mass is 10.4. The SMILES string of the molecule is C[C@H](O)CNc1cc(Br)ccn1. The van der Waals surface area contributed by atoms with E-state index in [0.717, 1.165) is 10.3 Å². The molecule has 0 aliphatic carbocycles. The molecule has 0 amide bonds. The molecule has 0 unspecified atom stereocenters. The molecule has 0 aliphatic heterocycles. The van der Waals surface area contributed by atoms with Crippen molar-refractivity contribution in [2.24, 2.45) is 0 Å². The number of pyridine rings is 1. The van der Waals surface area contributed by atoms with Gasteiger partial charge < -0.3 is 10.4 Å². The van der Waals surface area contributed by atoms with E-state index in [1.807, 2.05) is 12.1 Å². The van der Waals surface area contributed by atoms with E-state index in [0.29, 0.717) is 6.54 Å². The zero-order valence-corrected chi connectivity index (χ0v) is 8.37. The smallest absolute Gasteiger partial charge is 0.127 e. The summed E-state index contributed by atoms with van der Waals surface area (Å²) in [6.45, 7) is 2.24. The van der Waals surface area contributed by atoms with Crippen LogP contribution in [-0.2, 0) is 0 Å². The van der Waals surface area contributed by atoms with E-state index in [4.69, 9.17) is 5.11 Å². The fourth-order valence-corrected chi connectivity index (χ4v) is 1.09. The van der Waals surface area contributed by atoms with Gasteiger partial charge in [0.2, 0.25) is 0 Å². The third kappa shape index (κ3) is 3.19. The maximum atomic E-state index is 8.98. The zero-order chi connectivity index (χ0) is 8.97. The van der Waals surface area contributed by atoms with Crippen molar-refractivity contribution in [2.75, 3.05) is 11.9 Å². The summed E-state index contributed by atoms with van der Waals surface area (Å²) in [7, 11) is 0. The summed E-state index contributed by atoms with van der Waals surface area (Å²) in [5.74, 6) is 0.769. The first-order valence-corrected chi connectivity index (χ1v) is 4.51. The van der Waals surface area contributed by atoms with E-state index in [1.54, 1.807) is 13.1 Å². The highest BCUT2D eigenvalue weighted by atomic mass is 79.9. The Balaban J connectivity index is 2.52. The van der Waals surface area contributed by atoms with Gasteiger partial charge >= 0.3 is 0 Å². The Bertz CT molecular complexity index is 253. The molecule has 0 aliphatic rings. The minimum absolute atomic E-state index is 0.356. The minimum atomic E-state index is -0.356. The fraction of sp³-hybridized carbons (Fsp3) is 0.375. The summed E-state index contributed by atoms with van der Waals surface area (Å²) in [5, 5.41) is 12.0. The molecule has 0 spiro atoms. The Labute approximate surface area is 80.0 Å². The predicted octanol–water partition coefficient (Wildman–Crippen LogP) is 1.64. The number of nitrogens with zero attached hydrogens (tertiary/aromatic N) is 1. The van der Waals surface area contributed by atoms with E-state index >= 15 is 0 Å². The van der Waals surface area contributed by atoms with Crippen LogP contribution in [0.15, 0.2) is 22.8 Å². The van der Waals surface area contributed by atoms with E-state index in [-0.39, 0.29) is 6.10 Å². The molecular weight excluding hydrogens is 220 g/mol. The van der Waals surface area contributed by atoms with Crippen molar-refractivity contribution in [1.29, 1.82) is 0 Å². The van der Waals surface area contributed by atoms with Gasteiger partial charge in [-0.05, 0) is 19.1 Å². The van der Waals surface area contributed by atoms with Crippen LogP contribution in [0.25, 0.3) is 0 Å². The van der Waals surface area contributed by atoms with Crippen LogP contribution in [0.5, 0.6) is 0 Å². The lowest BCUT2D eigenvalue weighted by Gasteiger charge is -2.06. The monoisotopic (exact) mass is 230 g/mol. The average Bonchev–Trinajstić information content (AvgIpc) is 2.01. The van der Waals surface area contributed by atoms with Gasteiger partial charge in [0.05, 0.1) is 6.10 Å². The van der Waals surface area contributed by atoms with Crippen LogP contribution < -0.4 is 5.32 Å². The van der Waals surface area contributed by atoms with Gasteiger partial charge in [0.15, 0.2) is 0 Å². The summed E-state index contributed by atoms with van der Waals surface area (Å²) < 4.78 is 0.977. The number of rotatable bonds is 3. The van der Waals surface area contributed by atoms with Crippen molar-refractivity contribution in [3.63, 3.8) is 0 Å². The Morgan fingerprint density at radius 2 is 2.50 bits per heavy atom. The molecule has 1 atom stereocenters. The molecule has 4 heteroatoms. The van der Waals surface area contributed by atoms with Crippen molar-refractivity contribution in [1.82, 2.24) is 4.98 Å². The number of anilines is 1. The molecule has 2 N–H and O–H groups in total. The second-order valence-electron chi connectivity index (χ2n) is 2.59. The van der Waals surface area contributed by atoms with Gasteiger partial charge in [0.25, 0.3) is 0 Å². The molecule has 0 aromatic carbocycles. The average molecular weight is 231 g/mol.